The molecule has 0 bridgehead atoms. The quantitative estimate of drug-likeness (QED) is 0.148. The molecular weight excluding hydrogens is 388 g/mol. The van der Waals surface area contributed by atoms with Crippen molar-refractivity contribution >= 4 is 0 Å². The van der Waals surface area contributed by atoms with Crippen LogP contribution in [0.2, 0.25) is 0 Å². The molecule has 4 nitrogen and oxygen atoms in total. The van der Waals surface area contributed by atoms with Gasteiger partial charge in [0.25, 0.3) is 0 Å². The Kier molecular flexibility index (Phi) is 24.4. The van der Waals surface area contributed by atoms with E-state index < -0.39 is 0 Å². The average Bonchev–Trinajstić information content (AvgIpc) is 2.77. The Morgan fingerprint density at radius 3 is 1.74 bits per heavy atom. The number of hydrogen-bond acceptors (Lipinski definition) is 4. The van der Waals surface area contributed by atoms with E-state index in [0.717, 1.165) is 38.7 Å². The van der Waals surface area contributed by atoms with Crippen molar-refractivity contribution in [3.05, 3.63) is 0 Å². The molecule has 0 saturated heterocycles. The van der Waals surface area contributed by atoms with Crippen LogP contribution in [-0.2, 0) is 14.2 Å². The van der Waals surface area contributed by atoms with Crippen LogP contribution < -0.4 is 0 Å². The maximum Gasteiger partial charge on any atom is 0.0810 e. The highest BCUT2D eigenvalue weighted by molar-refractivity contribution is 4.63. The summed E-state index contributed by atoms with van der Waals surface area (Å²) in [6.45, 7) is 11.2. The molecule has 3 atom stereocenters. The average molecular weight is 445 g/mol. The highest BCUT2D eigenvalue weighted by atomic mass is 16.6. The number of hydrogen-bond donors (Lipinski definition) is 1. The minimum Gasteiger partial charge on any atom is -0.391 e. The van der Waals surface area contributed by atoms with E-state index in [4.69, 9.17) is 14.2 Å². The Morgan fingerprint density at radius 1 is 0.581 bits per heavy atom. The van der Waals surface area contributed by atoms with Gasteiger partial charge in [-0.05, 0) is 26.2 Å². The normalized spacial score (nSPS) is 14.6. The summed E-state index contributed by atoms with van der Waals surface area (Å²) in [5.41, 5.74) is 0. The summed E-state index contributed by atoms with van der Waals surface area (Å²) in [6, 6.07) is 0. The van der Waals surface area contributed by atoms with E-state index in [-0.39, 0.29) is 18.3 Å². The minimum absolute atomic E-state index is 0.0727. The first-order chi connectivity index (χ1) is 15.1. The lowest BCUT2D eigenvalue weighted by atomic mass is 10.1. The lowest BCUT2D eigenvalue weighted by Gasteiger charge is -2.22. The molecule has 0 aromatic rings. The zero-order valence-corrected chi connectivity index (χ0v) is 21.5. The first-order valence-corrected chi connectivity index (χ1v) is 13.6. The molecule has 0 aliphatic heterocycles. The maximum absolute atomic E-state index is 10.3. The van der Waals surface area contributed by atoms with Crippen LogP contribution in [-0.4, -0.2) is 49.8 Å². The fraction of sp³-hybridized carbons (Fsp3) is 1.00. The van der Waals surface area contributed by atoms with E-state index in [2.05, 4.69) is 27.7 Å². The van der Waals surface area contributed by atoms with Crippen LogP contribution in [0.3, 0.4) is 0 Å². The molecule has 0 spiro atoms. The van der Waals surface area contributed by atoms with Crippen molar-refractivity contribution in [2.45, 2.75) is 149 Å². The van der Waals surface area contributed by atoms with Gasteiger partial charge >= 0.3 is 0 Å². The number of rotatable bonds is 25. The number of ether oxygens (including phenoxy) is 3. The fourth-order valence-electron chi connectivity index (χ4n) is 3.67. The summed E-state index contributed by atoms with van der Waals surface area (Å²) >= 11 is 0. The van der Waals surface area contributed by atoms with E-state index in [0.29, 0.717) is 19.8 Å². The van der Waals surface area contributed by atoms with E-state index in [9.17, 15) is 5.11 Å². The summed E-state index contributed by atoms with van der Waals surface area (Å²) in [4.78, 5) is 0. The van der Waals surface area contributed by atoms with Crippen molar-refractivity contribution in [1.29, 1.82) is 0 Å². The van der Waals surface area contributed by atoms with Crippen molar-refractivity contribution in [3.63, 3.8) is 0 Å². The largest absolute Gasteiger partial charge is 0.391 e. The summed E-state index contributed by atoms with van der Waals surface area (Å²) in [7, 11) is 0. The molecule has 4 heteroatoms. The topological polar surface area (TPSA) is 47.9 Å². The van der Waals surface area contributed by atoms with Gasteiger partial charge in [0, 0.05) is 6.61 Å². The second-order valence-electron chi connectivity index (χ2n) is 9.29. The zero-order chi connectivity index (χ0) is 23.0. The Hall–Kier alpha value is -0.160. The molecule has 0 aromatic heterocycles. The molecule has 0 radical (unpaired) electrons. The molecule has 0 aromatic carbocycles. The zero-order valence-electron chi connectivity index (χ0n) is 21.5. The summed E-state index contributed by atoms with van der Waals surface area (Å²) in [5.74, 6) is 0. The maximum atomic E-state index is 10.3. The predicted molar refractivity (Wildman–Crippen MR) is 133 cm³/mol. The van der Waals surface area contributed by atoms with E-state index in [1.54, 1.807) is 0 Å². The van der Waals surface area contributed by atoms with Crippen LogP contribution in [0, 0.1) is 0 Å². The van der Waals surface area contributed by atoms with Crippen molar-refractivity contribution in [3.8, 4) is 0 Å². The summed E-state index contributed by atoms with van der Waals surface area (Å²) in [5, 5.41) is 10.3. The van der Waals surface area contributed by atoms with Crippen molar-refractivity contribution in [2.24, 2.45) is 0 Å². The number of aliphatic hydroxyl groups is 1. The predicted octanol–water partition coefficient (Wildman–Crippen LogP) is 7.46. The van der Waals surface area contributed by atoms with Gasteiger partial charge in [0.05, 0.1) is 38.1 Å². The highest BCUT2D eigenvalue weighted by Crippen LogP contribution is 2.14. The SMILES string of the molecule is CCCCCCCCC(O)COC(CCCCCCCC)COC(C)COCCCC. The molecule has 31 heavy (non-hydrogen) atoms. The van der Waals surface area contributed by atoms with Crippen LogP contribution in [0.15, 0.2) is 0 Å². The summed E-state index contributed by atoms with van der Waals surface area (Å²) in [6.07, 6.45) is 19.2. The standard InChI is InChI=1S/C27H56O4/c1-5-8-11-13-15-17-19-26(28)23-31-27(20-18-16-14-12-9-6-2)24-30-25(4)22-29-21-10-7-3/h25-28H,5-24H2,1-4H3. The third-order valence-corrected chi connectivity index (χ3v) is 5.86. The lowest BCUT2D eigenvalue weighted by Crippen LogP contribution is -2.28. The van der Waals surface area contributed by atoms with Gasteiger partial charge in [-0.3, -0.25) is 0 Å². The van der Waals surface area contributed by atoms with Crippen molar-refractivity contribution in [2.75, 3.05) is 26.4 Å². The Balaban J connectivity index is 4.11. The molecule has 0 fully saturated rings. The van der Waals surface area contributed by atoms with Gasteiger partial charge < -0.3 is 19.3 Å². The molecular formula is C27H56O4. The second-order valence-corrected chi connectivity index (χ2v) is 9.29. The van der Waals surface area contributed by atoms with Gasteiger partial charge in [-0.15, -0.1) is 0 Å². The van der Waals surface area contributed by atoms with Crippen LogP contribution in [0.1, 0.15) is 130 Å². The molecule has 0 aliphatic carbocycles. The van der Waals surface area contributed by atoms with Gasteiger partial charge in [0.2, 0.25) is 0 Å². The second kappa shape index (κ2) is 24.5. The van der Waals surface area contributed by atoms with Gasteiger partial charge in [0.15, 0.2) is 0 Å². The Bertz CT molecular complexity index is 337. The van der Waals surface area contributed by atoms with Gasteiger partial charge in [-0.2, -0.15) is 0 Å². The Morgan fingerprint density at radius 2 is 1.13 bits per heavy atom. The fourth-order valence-corrected chi connectivity index (χ4v) is 3.67. The van der Waals surface area contributed by atoms with E-state index >= 15 is 0 Å². The van der Waals surface area contributed by atoms with Crippen LogP contribution in [0.25, 0.3) is 0 Å². The molecule has 0 saturated carbocycles. The Labute approximate surface area is 194 Å². The number of aliphatic hydroxyl groups excluding tert-OH is 1. The van der Waals surface area contributed by atoms with Crippen molar-refractivity contribution < 1.29 is 19.3 Å². The molecule has 0 amide bonds. The van der Waals surface area contributed by atoms with E-state index in [1.165, 1.54) is 70.6 Å². The first-order valence-electron chi connectivity index (χ1n) is 13.6. The monoisotopic (exact) mass is 444 g/mol. The summed E-state index contributed by atoms with van der Waals surface area (Å²) < 4.78 is 17.8. The first kappa shape index (κ1) is 30.8. The van der Waals surface area contributed by atoms with Gasteiger partial charge in [0.1, 0.15) is 0 Å². The smallest absolute Gasteiger partial charge is 0.0810 e. The minimum atomic E-state index is -0.354. The molecule has 188 valence electrons. The van der Waals surface area contributed by atoms with Crippen LogP contribution in [0.5, 0.6) is 0 Å². The van der Waals surface area contributed by atoms with Crippen LogP contribution in [0.4, 0.5) is 0 Å². The third kappa shape index (κ3) is 22.8. The van der Waals surface area contributed by atoms with Crippen LogP contribution >= 0.6 is 0 Å². The van der Waals surface area contributed by atoms with Gasteiger partial charge in [-0.1, -0.05) is 104 Å². The lowest BCUT2D eigenvalue weighted by molar-refractivity contribution is -0.0819. The third-order valence-electron chi connectivity index (χ3n) is 5.86. The molecule has 0 aliphatic rings. The van der Waals surface area contributed by atoms with Crippen molar-refractivity contribution in [1.82, 2.24) is 0 Å². The van der Waals surface area contributed by atoms with Gasteiger partial charge in [-0.25, -0.2) is 0 Å². The highest BCUT2D eigenvalue weighted by Gasteiger charge is 2.15. The molecule has 3 unspecified atom stereocenters. The molecule has 0 heterocycles. The molecule has 0 rings (SSSR count). The van der Waals surface area contributed by atoms with E-state index in [1.807, 2.05) is 0 Å². The number of unbranched alkanes of at least 4 members (excludes halogenated alkanes) is 11. The molecule has 1 N–H and O–H groups in total.